The molecule has 1 unspecified atom stereocenters. The monoisotopic (exact) mass is 254 g/mol. The molecule has 0 aromatic rings. The van der Waals surface area contributed by atoms with Crippen molar-refractivity contribution in [3.8, 4) is 0 Å². The van der Waals surface area contributed by atoms with E-state index in [1.165, 1.54) is 0 Å². The summed E-state index contributed by atoms with van der Waals surface area (Å²) < 4.78 is 11.8. The van der Waals surface area contributed by atoms with Gasteiger partial charge in [0.1, 0.15) is 5.60 Å². The van der Waals surface area contributed by atoms with Gasteiger partial charge in [0.05, 0.1) is 5.60 Å². The first kappa shape index (κ1) is 15.0. The molecule has 104 valence electrons. The quantitative estimate of drug-likeness (QED) is 0.791. The second kappa shape index (κ2) is 5.74. The fourth-order valence-corrected chi connectivity index (χ4v) is 1.27. The molecule has 1 aliphatic heterocycles. The van der Waals surface area contributed by atoms with E-state index in [1.54, 1.807) is 6.21 Å². The Morgan fingerprint density at radius 2 is 1.78 bits per heavy atom. The van der Waals surface area contributed by atoms with Gasteiger partial charge in [-0.3, -0.25) is 0 Å². The van der Waals surface area contributed by atoms with Gasteiger partial charge in [0.25, 0.3) is 0 Å². The summed E-state index contributed by atoms with van der Waals surface area (Å²) in [5, 5.41) is 3.15. The maximum atomic E-state index is 5.89. The molecule has 4 nitrogen and oxygen atoms in total. The van der Waals surface area contributed by atoms with Gasteiger partial charge >= 0.3 is 0 Å². The van der Waals surface area contributed by atoms with Crippen LogP contribution in [0.2, 0.25) is 0 Å². The van der Waals surface area contributed by atoms with Gasteiger partial charge in [-0.05, 0) is 40.5 Å². The lowest BCUT2D eigenvalue weighted by molar-refractivity contribution is -0.0923. The van der Waals surface area contributed by atoms with Crippen LogP contribution in [0, 0.1) is 0 Å². The number of allylic oxidation sites excluding steroid dienone is 1. The van der Waals surface area contributed by atoms with Crippen molar-refractivity contribution in [3.05, 3.63) is 12.0 Å². The molecule has 18 heavy (non-hydrogen) atoms. The van der Waals surface area contributed by atoms with Gasteiger partial charge in [-0.15, -0.1) is 0 Å². The zero-order valence-electron chi connectivity index (χ0n) is 12.4. The Kier molecular flexibility index (Phi) is 4.79. The van der Waals surface area contributed by atoms with Crippen LogP contribution in [-0.2, 0) is 9.47 Å². The molecular formula is C14H26N2O2. The van der Waals surface area contributed by atoms with Crippen molar-refractivity contribution in [3.63, 3.8) is 0 Å². The molecule has 0 aromatic carbocycles. The lowest BCUT2D eigenvalue weighted by atomic mass is 10.1. The largest absolute Gasteiger partial charge is 0.473 e. The average molecular weight is 254 g/mol. The molecule has 1 N–H and O–H groups in total. The molecule has 0 aliphatic carbocycles. The van der Waals surface area contributed by atoms with E-state index in [4.69, 9.17) is 9.47 Å². The summed E-state index contributed by atoms with van der Waals surface area (Å²) in [6, 6.07) is 0. The van der Waals surface area contributed by atoms with Gasteiger partial charge in [0.15, 0.2) is 5.88 Å². The Labute approximate surface area is 110 Å². The van der Waals surface area contributed by atoms with E-state index in [9.17, 15) is 0 Å². The van der Waals surface area contributed by atoms with Gasteiger partial charge in [-0.1, -0.05) is 13.8 Å². The first-order chi connectivity index (χ1) is 8.28. The van der Waals surface area contributed by atoms with E-state index in [0.717, 1.165) is 12.8 Å². The lowest BCUT2D eigenvalue weighted by Crippen LogP contribution is -2.41. The average Bonchev–Trinajstić information content (AvgIpc) is 2.28. The molecule has 1 heterocycles. The molecule has 1 atom stereocenters. The number of rotatable bonds is 6. The van der Waals surface area contributed by atoms with Crippen molar-refractivity contribution >= 4 is 6.21 Å². The highest BCUT2D eigenvalue weighted by Gasteiger charge is 2.25. The number of aliphatic imine (C=N–C) groups is 1. The van der Waals surface area contributed by atoms with Crippen LogP contribution in [0.15, 0.2) is 17.0 Å². The lowest BCUT2D eigenvalue weighted by Gasteiger charge is -2.33. The zero-order chi connectivity index (χ0) is 13.8. The number of hydrogen-bond donors (Lipinski definition) is 1. The van der Waals surface area contributed by atoms with E-state index in [0.29, 0.717) is 5.88 Å². The van der Waals surface area contributed by atoms with E-state index in [-0.39, 0.29) is 17.6 Å². The van der Waals surface area contributed by atoms with Crippen molar-refractivity contribution in [2.45, 2.75) is 71.9 Å². The molecule has 0 aromatic heterocycles. The summed E-state index contributed by atoms with van der Waals surface area (Å²) in [7, 11) is 0. The third kappa shape index (κ3) is 4.69. The number of hydrogen-bond acceptors (Lipinski definition) is 4. The molecule has 1 aliphatic rings. The molecule has 0 fully saturated rings. The Morgan fingerprint density at radius 3 is 2.33 bits per heavy atom. The molecule has 0 amide bonds. The fourth-order valence-electron chi connectivity index (χ4n) is 1.27. The van der Waals surface area contributed by atoms with Gasteiger partial charge < -0.3 is 14.8 Å². The van der Waals surface area contributed by atoms with Gasteiger partial charge in [0, 0.05) is 12.3 Å². The van der Waals surface area contributed by atoms with Gasteiger partial charge in [-0.25, -0.2) is 4.99 Å². The summed E-state index contributed by atoms with van der Waals surface area (Å²) >= 11 is 0. The first-order valence-electron chi connectivity index (χ1n) is 6.65. The highest BCUT2D eigenvalue weighted by Crippen LogP contribution is 2.21. The van der Waals surface area contributed by atoms with Crippen molar-refractivity contribution in [1.29, 1.82) is 0 Å². The summed E-state index contributed by atoms with van der Waals surface area (Å²) in [6.45, 7) is 12.4. The molecule has 4 heteroatoms. The number of nitrogens with zero attached hydrogens (tertiary/aromatic N) is 1. The van der Waals surface area contributed by atoms with Gasteiger partial charge in [-0.2, -0.15) is 0 Å². The smallest absolute Gasteiger partial charge is 0.228 e. The van der Waals surface area contributed by atoms with Crippen molar-refractivity contribution < 1.29 is 9.47 Å². The topological polar surface area (TPSA) is 42.9 Å². The van der Waals surface area contributed by atoms with Crippen LogP contribution in [0.25, 0.3) is 0 Å². The van der Waals surface area contributed by atoms with E-state index < -0.39 is 0 Å². The van der Waals surface area contributed by atoms with Crippen LogP contribution < -0.4 is 5.32 Å². The molecule has 0 radical (unpaired) electrons. The normalized spacial score (nSPS) is 20.3. The van der Waals surface area contributed by atoms with Crippen LogP contribution in [-0.4, -0.2) is 23.8 Å². The standard InChI is InChI=1S/C14H26N2O2/c1-7-13(3,4)17-11-9-10-15-12(16-11)18-14(5,6)8-2/h9-10,12,16H,7-8H2,1-6H3. The van der Waals surface area contributed by atoms with E-state index in [2.05, 4.69) is 51.9 Å². The molecule has 1 rings (SSSR count). The highest BCUT2D eigenvalue weighted by atomic mass is 16.6. The predicted octanol–water partition coefficient (Wildman–Crippen LogP) is 3.20. The SMILES string of the molecule is CCC(C)(C)OC1=CC=NC(OC(C)(C)CC)N1. The van der Waals surface area contributed by atoms with Gasteiger partial charge in [0.2, 0.25) is 6.35 Å². The van der Waals surface area contributed by atoms with E-state index in [1.807, 2.05) is 6.08 Å². The summed E-state index contributed by atoms with van der Waals surface area (Å²) in [6.07, 6.45) is 5.06. The minimum atomic E-state index is -0.368. The van der Waals surface area contributed by atoms with Crippen LogP contribution in [0.1, 0.15) is 54.4 Å². The molecule has 0 saturated heterocycles. The zero-order valence-corrected chi connectivity index (χ0v) is 12.4. The van der Waals surface area contributed by atoms with Crippen molar-refractivity contribution in [2.75, 3.05) is 0 Å². The Hall–Kier alpha value is -1.03. The molecule has 0 spiro atoms. The minimum Gasteiger partial charge on any atom is -0.473 e. The summed E-state index contributed by atoms with van der Waals surface area (Å²) in [5.74, 6) is 0.716. The Morgan fingerprint density at radius 1 is 1.17 bits per heavy atom. The highest BCUT2D eigenvalue weighted by molar-refractivity contribution is 5.72. The van der Waals surface area contributed by atoms with Crippen molar-refractivity contribution in [2.24, 2.45) is 4.99 Å². The molecule has 0 saturated carbocycles. The summed E-state index contributed by atoms with van der Waals surface area (Å²) in [5.41, 5.74) is -0.382. The fraction of sp³-hybridized carbons (Fsp3) is 0.786. The van der Waals surface area contributed by atoms with Crippen LogP contribution in [0.4, 0.5) is 0 Å². The molecule has 0 bridgehead atoms. The molecular weight excluding hydrogens is 228 g/mol. The third-order valence-corrected chi connectivity index (χ3v) is 3.23. The second-order valence-electron chi connectivity index (χ2n) is 5.77. The third-order valence-electron chi connectivity index (χ3n) is 3.23. The number of ether oxygens (including phenoxy) is 2. The number of nitrogens with one attached hydrogen (secondary N) is 1. The maximum absolute atomic E-state index is 5.89. The second-order valence-corrected chi connectivity index (χ2v) is 5.77. The van der Waals surface area contributed by atoms with Crippen LogP contribution in [0.5, 0.6) is 0 Å². The summed E-state index contributed by atoms with van der Waals surface area (Å²) in [4.78, 5) is 4.25. The van der Waals surface area contributed by atoms with Crippen molar-refractivity contribution in [1.82, 2.24) is 5.32 Å². The first-order valence-corrected chi connectivity index (χ1v) is 6.65. The Balaban J connectivity index is 2.57. The predicted molar refractivity (Wildman–Crippen MR) is 74.4 cm³/mol. The van der Waals surface area contributed by atoms with E-state index >= 15 is 0 Å². The maximum Gasteiger partial charge on any atom is 0.228 e. The minimum absolute atomic E-state index is 0.186. The Bertz CT molecular complexity index is 333. The van der Waals surface area contributed by atoms with Crippen LogP contribution >= 0.6 is 0 Å². The van der Waals surface area contributed by atoms with Crippen LogP contribution in [0.3, 0.4) is 0 Å².